The maximum atomic E-state index is 11.8. The van der Waals surface area contributed by atoms with Crippen molar-refractivity contribution in [3.05, 3.63) is 33.9 Å². The van der Waals surface area contributed by atoms with Crippen LogP contribution in [-0.4, -0.2) is 36.5 Å². The summed E-state index contributed by atoms with van der Waals surface area (Å²) in [6.07, 6.45) is 2.08. The van der Waals surface area contributed by atoms with Crippen molar-refractivity contribution in [2.24, 2.45) is 0 Å². The molecular weight excluding hydrogens is 272 g/mol. The number of Topliss-reactive ketones (excluding diaryl/α,β-unsaturated/α-hetero) is 1. The van der Waals surface area contributed by atoms with Gasteiger partial charge in [0.05, 0.1) is 11.0 Å². The van der Waals surface area contributed by atoms with Gasteiger partial charge in [0.1, 0.15) is 0 Å². The van der Waals surface area contributed by atoms with Gasteiger partial charge >= 0.3 is 0 Å². The Bertz CT molecular complexity index is 536. The molecule has 114 valence electrons. The lowest BCUT2D eigenvalue weighted by molar-refractivity contribution is -0.384. The summed E-state index contributed by atoms with van der Waals surface area (Å²) in [7, 11) is 0. The molecule has 0 atom stereocenters. The van der Waals surface area contributed by atoms with Crippen LogP contribution >= 0.6 is 0 Å². The van der Waals surface area contributed by atoms with Gasteiger partial charge in [-0.2, -0.15) is 0 Å². The number of ether oxygens (including phenoxy) is 1. The van der Waals surface area contributed by atoms with E-state index in [0.717, 1.165) is 31.6 Å². The van der Waals surface area contributed by atoms with E-state index in [2.05, 4.69) is 4.90 Å². The molecular formula is C15H20N2O4. The quantitative estimate of drug-likeness (QED) is 0.474. The van der Waals surface area contributed by atoms with Gasteiger partial charge in [-0.05, 0) is 32.8 Å². The Morgan fingerprint density at radius 1 is 1.43 bits per heavy atom. The lowest BCUT2D eigenvalue weighted by Crippen LogP contribution is -2.37. The lowest BCUT2D eigenvalue weighted by atomic mass is 10.0. The number of carbonyl (C=O) groups is 1. The Kier molecular flexibility index (Phi) is 4.90. The third kappa shape index (κ3) is 3.58. The molecule has 0 N–H and O–H groups in total. The van der Waals surface area contributed by atoms with Gasteiger partial charge in [0.25, 0.3) is 5.69 Å². The molecule has 1 aromatic rings. The molecule has 1 heterocycles. The normalized spacial score (nSPS) is 16.0. The fourth-order valence-corrected chi connectivity index (χ4v) is 2.69. The van der Waals surface area contributed by atoms with Gasteiger partial charge in [-0.25, -0.2) is 0 Å². The first kappa shape index (κ1) is 15.4. The monoisotopic (exact) mass is 292 g/mol. The molecule has 2 rings (SSSR count). The van der Waals surface area contributed by atoms with Gasteiger partial charge in [-0.1, -0.05) is 0 Å². The second-order valence-electron chi connectivity index (χ2n) is 5.16. The number of nitrogens with zero attached hydrogens (tertiary/aromatic N) is 2. The van der Waals surface area contributed by atoms with Crippen LogP contribution in [0.15, 0.2) is 18.2 Å². The van der Waals surface area contributed by atoms with Crippen molar-refractivity contribution < 1.29 is 14.5 Å². The number of non-ortho nitro benzene ring substituents is 1. The zero-order valence-electron chi connectivity index (χ0n) is 12.4. The summed E-state index contributed by atoms with van der Waals surface area (Å²) < 4.78 is 5.61. The Hall–Kier alpha value is -1.95. The minimum absolute atomic E-state index is 0.0480. The van der Waals surface area contributed by atoms with Crippen LogP contribution in [-0.2, 0) is 4.74 Å². The average Bonchev–Trinajstić information content (AvgIpc) is 2.47. The van der Waals surface area contributed by atoms with E-state index in [-0.39, 0.29) is 17.6 Å². The summed E-state index contributed by atoms with van der Waals surface area (Å²) >= 11 is 0. The van der Waals surface area contributed by atoms with Crippen LogP contribution in [0, 0.1) is 10.1 Å². The van der Waals surface area contributed by atoms with Crippen molar-refractivity contribution >= 4 is 17.2 Å². The molecule has 0 spiro atoms. The number of nitro groups is 1. The summed E-state index contributed by atoms with van der Waals surface area (Å²) in [4.78, 5) is 24.3. The number of hydrogen-bond acceptors (Lipinski definition) is 5. The van der Waals surface area contributed by atoms with Gasteiger partial charge in [0, 0.05) is 43.1 Å². The second-order valence-corrected chi connectivity index (χ2v) is 5.16. The fourth-order valence-electron chi connectivity index (χ4n) is 2.69. The number of nitro benzene ring substituents is 1. The maximum absolute atomic E-state index is 11.8. The molecule has 0 saturated carbocycles. The highest BCUT2D eigenvalue weighted by Gasteiger charge is 2.23. The molecule has 0 radical (unpaired) electrons. The van der Waals surface area contributed by atoms with Gasteiger partial charge in [0.2, 0.25) is 0 Å². The van der Waals surface area contributed by atoms with E-state index in [9.17, 15) is 14.9 Å². The van der Waals surface area contributed by atoms with Crippen LogP contribution < -0.4 is 4.90 Å². The van der Waals surface area contributed by atoms with E-state index in [1.807, 2.05) is 6.92 Å². The predicted octanol–water partition coefficient (Wildman–Crippen LogP) is 2.80. The van der Waals surface area contributed by atoms with Crippen molar-refractivity contribution in [3.8, 4) is 0 Å². The Morgan fingerprint density at radius 2 is 2.10 bits per heavy atom. The van der Waals surface area contributed by atoms with E-state index in [1.54, 1.807) is 6.07 Å². The highest BCUT2D eigenvalue weighted by molar-refractivity contribution is 6.00. The summed E-state index contributed by atoms with van der Waals surface area (Å²) in [5, 5.41) is 10.8. The molecule has 0 aromatic heterocycles. The molecule has 6 nitrogen and oxygen atoms in total. The lowest BCUT2D eigenvalue weighted by Gasteiger charge is -2.34. The van der Waals surface area contributed by atoms with Crippen LogP contribution in [0.2, 0.25) is 0 Å². The third-order valence-corrected chi connectivity index (χ3v) is 3.76. The zero-order valence-corrected chi connectivity index (χ0v) is 12.4. The highest BCUT2D eigenvalue weighted by Crippen LogP contribution is 2.28. The summed E-state index contributed by atoms with van der Waals surface area (Å²) in [6, 6.07) is 4.50. The molecule has 1 aliphatic rings. The van der Waals surface area contributed by atoms with Crippen LogP contribution in [0.4, 0.5) is 11.4 Å². The van der Waals surface area contributed by atoms with E-state index >= 15 is 0 Å². The number of rotatable bonds is 5. The Balaban J connectivity index is 2.20. The third-order valence-electron chi connectivity index (χ3n) is 3.76. The first-order chi connectivity index (χ1) is 10.0. The van der Waals surface area contributed by atoms with Crippen molar-refractivity contribution in [2.75, 3.05) is 24.6 Å². The SMILES string of the molecule is CCOC1CCN(c2ccc([N+](=O)[O-])cc2C(C)=O)CC1. The van der Waals surface area contributed by atoms with Gasteiger partial charge in [-0.3, -0.25) is 14.9 Å². The minimum Gasteiger partial charge on any atom is -0.378 e. The molecule has 21 heavy (non-hydrogen) atoms. The minimum atomic E-state index is -0.475. The molecule has 0 bridgehead atoms. The Labute approximate surface area is 123 Å². The first-order valence-electron chi connectivity index (χ1n) is 7.18. The molecule has 0 unspecified atom stereocenters. The fraction of sp³-hybridized carbons (Fsp3) is 0.533. The first-order valence-corrected chi connectivity index (χ1v) is 7.18. The van der Waals surface area contributed by atoms with Gasteiger partial charge in [0.15, 0.2) is 5.78 Å². The maximum Gasteiger partial charge on any atom is 0.270 e. The van der Waals surface area contributed by atoms with Crippen LogP contribution in [0.25, 0.3) is 0 Å². The molecule has 0 amide bonds. The largest absolute Gasteiger partial charge is 0.378 e. The number of piperidine rings is 1. The molecule has 0 aliphatic carbocycles. The van der Waals surface area contributed by atoms with Crippen molar-refractivity contribution in [3.63, 3.8) is 0 Å². The van der Waals surface area contributed by atoms with Gasteiger partial charge in [-0.15, -0.1) is 0 Å². The topological polar surface area (TPSA) is 72.7 Å². The van der Waals surface area contributed by atoms with E-state index in [1.165, 1.54) is 19.1 Å². The van der Waals surface area contributed by atoms with E-state index < -0.39 is 4.92 Å². The number of carbonyl (C=O) groups excluding carboxylic acids is 1. The van der Waals surface area contributed by atoms with Gasteiger partial charge < -0.3 is 9.64 Å². The number of hydrogen-bond donors (Lipinski definition) is 0. The summed E-state index contributed by atoms with van der Waals surface area (Å²) in [6.45, 7) is 5.72. The van der Waals surface area contributed by atoms with Crippen LogP contribution in [0.1, 0.15) is 37.0 Å². The van der Waals surface area contributed by atoms with Crippen molar-refractivity contribution in [1.29, 1.82) is 0 Å². The highest BCUT2D eigenvalue weighted by atomic mass is 16.6. The van der Waals surface area contributed by atoms with Crippen LogP contribution in [0.3, 0.4) is 0 Å². The van der Waals surface area contributed by atoms with Crippen LogP contribution in [0.5, 0.6) is 0 Å². The molecule has 1 saturated heterocycles. The second kappa shape index (κ2) is 6.67. The number of anilines is 1. The number of ketones is 1. The van der Waals surface area contributed by atoms with E-state index in [0.29, 0.717) is 12.2 Å². The number of benzene rings is 1. The predicted molar refractivity (Wildman–Crippen MR) is 80.0 cm³/mol. The van der Waals surface area contributed by atoms with E-state index in [4.69, 9.17) is 4.74 Å². The van der Waals surface area contributed by atoms with Crippen molar-refractivity contribution in [2.45, 2.75) is 32.8 Å². The molecule has 6 heteroatoms. The summed E-state index contributed by atoms with van der Waals surface area (Å²) in [5.74, 6) is -0.152. The molecule has 1 aromatic carbocycles. The Morgan fingerprint density at radius 3 is 2.62 bits per heavy atom. The summed E-state index contributed by atoms with van der Waals surface area (Å²) in [5.41, 5.74) is 1.15. The average molecular weight is 292 g/mol. The smallest absolute Gasteiger partial charge is 0.270 e. The van der Waals surface area contributed by atoms with Crippen molar-refractivity contribution in [1.82, 2.24) is 0 Å². The zero-order chi connectivity index (χ0) is 15.4. The molecule has 1 fully saturated rings. The molecule has 1 aliphatic heterocycles. The standard InChI is InChI=1S/C15H20N2O4/c1-3-21-13-6-8-16(9-7-13)15-5-4-12(17(19)20)10-14(15)11(2)18/h4-5,10,13H,3,6-9H2,1-2H3.